The van der Waals surface area contributed by atoms with Gasteiger partial charge in [-0.2, -0.15) is 5.26 Å². The van der Waals surface area contributed by atoms with Crippen molar-refractivity contribution < 1.29 is 0 Å². The predicted octanol–water partition coefficient (Wildman–Crippen LogP) is 3.05. The minimum atomic E-state index is -0.0224. The van der Waals surface area contributed by atoms with E-state index in [2.05, 4.69) is 60.3 Å². The number of nitriles is 1. The molecule has 0 fully saturated rings. The van der Waals surface area contributed by atoms with E-state index in [-0.39, 0.29) is 5.41 Å². The number of anilines is 1. The Morgan fingerprint density at radius 2 is 1.90 bits per heavy atom. The van der Waals surface area contributed by atoms with Crippen LogP contribution < -0.4 is 5.32 Å². The molecule has 0 spiro atoms. The number of rotatable bonds is 4. The number of aromatic nitrogens is 2. The van der Waals surface area contributed by atoms with E-state index in [1.807, 2.05) is 6.07 Å². The van der Waals surface area contributed by atoms with Crippen LogP contribution in [0.5, 0.6) is 0 Å². The van der Waals surface area contributed by atoms with Crippen LogP contribution in [0.4, 0.5) is 5.82 Å². The van der Waals surface area contributed by atoms with Crippen molar-refractivity contribution in [2.45, 2.75) is 26.2 Å². The molecule has 0 saturated heterocycles. The van der Waals surface area contributed by atoms with E-state index in [1.165, 1.54) is 17.5 Å². The van der Waals surface area contributed by atoms with Gasteiger partial charge in [-0.3, -0.25) is 0 Å². The molecular weight excluding hydrogens is 248 g/mol. The molecule has 1 aromatic heterocycles. The number of nitrogens with zero attached hydrogens (tertiary/aromatic N) is 3. The Labute approximate surface area is 119 Å². The lowest BCUT2D eigenvalue weighted by atomic mass is 9.84. The van der Waals surface area contributed by atoms with E-state index < -0.39 is 0 Å². The number of benzene rings is 1. The lowest BCUT2D eigenvalue weighted by Crippen LogP contribution is -2.27. The van der Waals surface area contributed by atoms with Gasteiger partial charge in [-0.25, -0.2) is 9.97 Å². The van der Waals surface area contributed by atoms with Crippen LogP contribution in [0.3, 0.4) is 0 Å². The summed E-state index contributed by atoms with van der Waals surface area (Å²) in [7, 11) is 0. The van der Waals surface area contributed by atoms with Crippen molar-refractivity contribution in [3.8, 4) is 6.07 Å². The highest BCUT2D eigenvalue weighted by atomic mass is 15.0. The molecule has 0 bridgehead atoms. The van der Waals surface area contributed by atoms with E-state index in [9.17, 15) is 0 Å². The molecule has 0 aliphatic carbocycles. The summed E-state index contributed by atoms with van der Waals surface area (Å²) < 4.78 is 0. The van der Waals surface area contributed by atoms with Gasteiger partial charge in [0.05, 0.1) is 0 Å². The maximum Gasteiger partial charge on any atom is 0.145 e. The zero-order chi connectivity index (χ0) is 14.6. The molecule has 0 aliphatic heterocycles. The van der Waals surface area contributed by atoms with Crippen molar-refractivity contribution in [2.24, 2.45) is 0 Å². The second-order valence-electron chi connectivity index (χ2n) is 5.50. The van der Waals surface area contributed by atoms with Crippen LogP contribution in [-0.2, 0) is 5.41 Å². The van der Waals surface area contributed by atoms with Gasteiger partial charge in [-0.05, 0) is 12.5 Å². The van der Waals surface area contributed by atoms with Crippen LogP contribution in [0.15, 0.2) is 36.7 Å². The van der Waals surface area contributed by atoms with Gasteiger partial charge in [0.15, 0.2) is 0 Å². The van der Waals surface area contributed by atoms with Crippen molar-refractivity contribution in [3.05, 3.63) is 53.5 Å². The first kappa shape index (κ1) is 14.0. The Morgan fingerprint density at radius 3 is 2.55 bits per heavy atom. The van der Waals surface area contributed by atoms with E-state index in [1.54, 1.807) is 6.07 Å². The standard InChI is InChI=1S/C16H18N4/c1-12-4-6-13(7-5-12)16(2,3)10-18-15-8-14(9-17)19-11-20-15/h4-8,11H,10H2,1-3H3,(H,18,19,20). The Hall–Kier alpha value is -2.41. The van der Waals surface area contributed by atoms with Crippen molar-refractivity contribution in [1.29, 1.82) is 5.26 Å². The SMILES string of the molecule is Cc1ccc(C(C)(C)CNc2cc(C#N)ncn2)cc1. The number of aryl methyl sites for hydroxylation is 1. The van der Waals surface area contributed by atoms with Gasteiger partial charge in [0.25, 0.3) is 0 Å². The molecule has 0 aliphatic rings. The molecule has 102 valence electrons. The lowest BCUT2D eigenvalue weighted by Gasteiger charge is -2.26. The summed E-state index contributed by atoms with van der Waals surface area (Å²) in [6, 6.07) is 12.2. The smallest absolute Gasteiger partial charge is 0.145 e. The fraction of sp³-hybridized carbons (Fsp3) is 0.312. The number of hydrogen-bond acceptors (Lipinski definition) is 4. The van der Waals surface area contributed by atoms with Crippen LogP contribution >= 0.6 is 0 Å². The largest absolute Gasteiger partial charge is 0.369 e. The Kier molecular flexibility index (Phi) is 3.99. The fourth-order valence-corrected chi connectivity index (χ4v) is 1.93. The zero-order valence-corrected chi connectivity index (χ0v) is 12.0. The molecule has 2 rings (SSSR count). The molecule has 20 heavy (non-hydrogen) atoms. The van der Waals surface area contributed by atoms with E-state index in [0.29, 0.717) is 11.5 Å². The molecule has 0 radical (unpaired) electrons. The van der Waals surface area contributed by atoms with E-state index in [4.69, 9.17) is 5.26 Å². The zero-order valence-electron chi connectivity index (χ0n) is 12.0. The third kappa shape index (κ3) is 3.33. The third-order valence-electron chi connectivity index (χ3n) is 3.33. The molecule has 0 saturated carbocycles. The van der Waals surface area contributed by atoms with Gasteiger partial charge >= 0.3 is 0 Å². The first-order valence-electron chi connectivity index (χ1n) is 6.54. The molecular formula is C16H18N4. The van der Waals surface area contributed by atoms with Crippen LogP contribution in [0.2, 0.25) is 0 Å². The molecule has 1 N–H and O–H groups in total. The van der Waals surface area contributed by atoms with Crippen molar-refractivity contribution in [2.75, 3.05) is 11.9 Å². The summed E-state index contributed by atoms with van der Waals surface area (Å²) >= 11 is 0. The van der Waals surface area contributed by atoms with E-state index in [0.717, 1.165) is 6.54 Å². The average molecular weight is 266 g/mol. The molecule has 0 atom stereocenters. The Bertz CT molecular complexity index is 624. The van der Waals surface area contributed by atoms with Crippen LogP contribution in [-0.4, -0.2) is 16.5 Å². The van der Waals surface area contributed by atoms with Gasteiger partial charge in [0.2, 0.25) is 0 Å². The lowest BCUT2D eigenvalue weighted by molar-refractivity contribution is 0.556. The molecule has 1 heterocycles. The maximum atomic E-state index is 8.83. The number of hydrogen-bond donors (Lipinski definition) is 1. The normalized spacial score (nSPS) is 10.9. The van der Waals surface area contributed by atoms with Gasteiger partial charge in [-0.15, -0.1) is 0 Å². The second-order valence-corrected chi connectivity index (χ2v) is 5.50. The fourth-order valence-electron chi connectivity index (χ4n) is 1.93. The Balaban J connectivity index is 2.08. The van der Waals surface area contributed by atoms with Gasteiger partial charge in [-0.1, -0.05) is 43.7 Å². The summed E-state index contributed by atoms with van der Waals surface area (Å²) in [5.74, 6) is 0.678. The van der Waals surface area contributed by atoms with Crippen molar-refractivity contribution >= 4 is 5.82 Å². The highest BCUT2D eigenvalue weighted by molar-refractivity contribution is 5.40. The minimum Gasteiger partial charge on any atom is -0.369 e. The second kappa shape index (κ2) is 5.70. The van der Waals surface area contributed by atoms with Crippen molar-refractivity contribution in [3.63, 3.8) is 0 Å². The molecule has 4 nitrogen and oxygen atoms in total. The van der Waals surface area contributed by atoms with Crippen LogP contribution in [0.25, 0.3) is 0 Å². The summed E-state index contributed by atoms with van der Waals surface area (Å²) in [5.41, 5.74) is 2.87. The average Bonchev–Trinajstić information content (AvgIpc) is 2.46. The molecule has 0 amide bonds. The van der Waals surface area contributed by atoms with Crippen LogP contribution in [0.1, 0.15) is 30.7 Å². The summed E-state index contributed by atoms with van der Waals surface area (Å²) in [6.07, 6.45) is 1.40. The first-order chi connectivity index (χ1) is 9.51. The maximum absolute atomic E-state index is 8.83. The molecule has 1 aromatic carbocycles. The number of nitrogens with one attached hydrogen (secondary N) is 1. The summed E-state index contributed by atoms with van der Waals surface area (Å²) in [4.78, 5) is 7.98. The van der Waals surface area contributed by atoms with Gasteiger partial charge in [0, 0.05) is 18.0 Å². The highest BCUT2D eigenvalue weighted by Gasteiger charge is 2.20. The monoisotopic (exact) mass is 266 g/mol. The van der Waals surface area contributed by atoms with Gasteiger partial charge < -0.3 is 5.32 Å². The van der Waals surface area contributed by atoms with Crippen LogP contribution in [0, 0.1) is 18.3 Å². The third-order valence-corrected chi connectivity index (χ3v) is 3.33. The highest BCUT2D eigenvalue weighted by Crippen LogP contribution is 2.23. The molecule has 4 heteroatoms. The predicted molar refractivity (Wildman–Crippen MR) is 79.4 cm³/mol. The summed E-state index contributed by atoms with van der Waals surface area (Å²) in [6.45, 7) is 7.17. The van der Waals surface area contributed by atoms with Gasteiger partial charge in [0.1, 0.15) is 23.9 Å². The van der Waals surface area contributed by atoms with Crippen molar-refractivity contribution in [1.82, 2.24) is 9.97 Å². The quantitative estimate of drug-likeness (QED) is 0.924. The minimum absolute atomic E-state index is 0.0224. The summed E-state index contributed by atoms with van der Waals surface area (Å²) in [5, 5.41) is 12.1. The molecule has 2 aromatic rings. The first-order valence-corrected chi connectivity index (χ1v) is 6.54. The topological polar surface area (TPSA) is 61.6 Å². The van der Waals surface area contributed by atoms with E-state index >= 15 is 0 Å². The molecule has 0 unspecified atom stereocenters. The Morgan fingerprint density at radius 1 is 1.20 bits per heavy atom.